The number of rotatable bonds is 8. The number of halogens is 2. The molecule has 1 aromatic heterocycles. The molecule has 31 heavy (non-hydrogen) atoms. The van der Waals surface area contributed by atoms with Crippen LogP contribution in [0, 0.1) is 12.8 Å². The van der Waals surface area contributed by atoms with Gasteiger partial charge < -0.3 is 15.2 Å². The van der Waals surface area contributed by atoms with E-state index in [-0.39, 0.29) is 18.1 Å². The molecule has 0 aromatic carbocycles. The van der Waals surface area contributed by atoms with Gasteiger partial charge >= 0.3 is 0 Å². The van der Waals surface area contributed by atoms with Gasteiger partial charge in [0.2, 0.25) is 5.91 Å². The van der Waals surface area contributed by atoms with E-state index in [1.807, 2.05) is 19.6 Å². The van der Waals surface area contributed by atoms with Crippen LogP contribution in [-0.4, -0.2) is 66.6 Å². The third kappa shape index (κ3) is 7.31. The van der Waals surface area contributed by atoms with Crippen molar-refractivity contribution >= 4 is 43.3 Å². The lowest BCUT2D eigenvalue weighted by molar-refractivity contribution is -0.145. The second-order valence-electron chi connectivity index (χ2n) is 8.62. The van der Waals surface area contributed by atoms with E-state index in [0.717, 1.165) is 0 Å². The minimum atomic E-state index is -2.40. The van der Waals surface area contributed by atoms with E-state index < -0.39 is 43.4 Å². The van der Waals surface area contributed by atoms with E-state index in [4.69, 9.17) is 16.1 Å². The Morgan fingerprint density at radius 3 is 2.58 bits per heavy atom. The summed E-state index contributed by atoms with van der Waals surface area (Å²) in [5, 5.41) is 9.55. The summed E-state index contributed by atoms with van der Waals surface area (Å²) in [6, 6.07) is 0.749. The van der Waals surface area contributed by atoms with Crippen molar-refractivity contribution in [3.63, 3.8) is 0 Å². The maximum absolute atomic E-state index is 13.5. The van der Waals surface area contributed by atoms with Crippen LogP contribution in [0.4, 0.5) is 4.39 Å². The largest absolute Gasteiger partial charge is 0.361 e. The molecule has 1 aliphatic rings. The smallest absolute Gasteiger partial charge is 0.291 e. The molecule has 1 fully saturated rings. The molecule has 4 amide bonds. The maximum atomic E-state index is 13.5. The van der Waals surface area contributed by atoms with Crippen LogP contribution in [0.5, 0.6) is 0 Å². The molecule has 172 valence electrons. The highest BCUT2D eigenvalue weighted by Crippen LogP contribution is 2.15. The van der Waals surface area contributed by atoms with Gasteiger partial charge in [0.15, 0.2) is 5.69 Å². The Labute approximate surface area is 185 Å². The highest BCUT2D eigenvalue weighted by Gasteiger charge is 2.35. The summed E-state index contributed by atoms with van der Waals surface area (Å²) in [6.07, 6.45) is 0.429. The van der Waals surface area contributed by atoms with Gasteiger partial charge in [0.05, 0.1) is 12.5 Å². The van der Waals surface area contributed by atoms with Gasteiger partial charge in [0.1, 0.15) is 11.8 Å². The van der Waals surface area contributed by atoms with Crippen LogP contribution in [0.2, 0.25) is 25.7 Å². The zero-order chi connectivity index (χ0) is 23.3. The van der Waals surface area contributed by atoms with Crippen LogP contribution < -0.4 is 16.1 Å². The Balaban J connectivity index is 2.17. The van der Waals surface area contributed by atoms with Crippen molar-refractivity contribution in [2.24, 2.45) is 5.92 Å². The van der Waals surface area contributed by atoms with Gasteiger partial charge in [0, 0.05) is 20.7 Å². The average Bonchev–Trinajstić information content (AvgIpc) is 3.27. The predicted molar refractivity (Wildman–Crippen MR) is 112 cm³/mol. The maximum Gasteiger partial charge on any atom is 0.291 e. The molecule has 0 bridgehead atoms. The fourth-order valence-electron chi connectivity index (χ4n) is 3.09. The summed E-state index contributed by atoms with van der Waals surface area (Å²) in [5.41, 5.74) is -0.0555. The van der Waals surface area contributed by atoms with Crippen molar-refractivity contribution < 1.29 is 28.1 Å². The van der Waals surface area contributed by atoms with Gasteiger partial charge in [-0.1, -0.05) is 36.4 Å². The first kappa shape index (κ1) is 24.8. The van der Waals surface area contributed by atoms with Gasteiger partial charge in [-0.25, -0.2) is 9.40 Å². The molecule has 3 N–H and O–H groups in total. The lowest BCUT2D eigenvalue weighted by atomic mass is 10.1. The minimum Gasteiger partial charge on any atom is -0.361 e. The van der Waals surface area contributed by atoms with Gasteiger partial charge in [-0.05, 0) is 19.4 Å². The highest BCUT2D eigenvalue weighted by atomic mass is 35.5. The summed E-state index contributed by atoms with van der Waals surface area (Å²) in [5.74, 6) is -3.02. The molecule has 2 rings (SSSR count). The number of nitrogens with zero attached hydrogens (tertiary/aromatic N) is 2. The number of aromatic nitrogens is 1. The van der Waals surface area contributed by atoms with Crippen LogP contribution in [0.25, 0.3) is 0 Å². The molecule has 1 aliphatic heterocycles. The Hall–Kier alpha value is -2.47. The summed E-state index contributed by atoms with van der Waals surface area (Å²) in [4.78, 5) is 49.5. The number of amides is 4. The van der Waals surface area contributed by atoms with Gasteiger partial charge in [-0.15, -0.1) is 0 Å². The van der Waals surface area contributed by atoms with Gasteiger partial charge in [-0.3, -0.25) is 24.6 Å². The Kier molecular flexibility index (Phi) is 8.18. The van der Waals surface area contributed by atoms with E-state index in [1.165, 1.54) is 6.07 Å². The summed E-state index contributed by atoms with van der Waals surface area (Å²) >= 11 is 5.29. The quantitative estimate of drug-likeness (QED) is 0.291. The molecule has 3 atom stereocenters. The number of hydrogen-bond donors (Lipinski definition) is 3. The Morgan fingerprint density at radius 2 is 2.10 bits per heavy atom. The van der Waals surface area contributed by atoms with Crippen LogP contribution >= 0.6 is 11.6 Å². The fraction of sp³-hybridized carbons (Fsp3) is 0.611. The summed E-state index contributed by atoms with van der Waals surface area (Å²) in [6.45, 7) is 7.81. The summed E-state index contributed by atoms with van der Waals surface area (Å²) in [7, 11) is -1.88. The van der Waals surface area contributed by atoms with Crippen LogP contribution in [-0.2, 0) is 14.4 Å². The first-order valence-corrected chi connectivity index (χ1v) is 13.9. The third-order valence-corrected chi connectivity index (χ3v) is 6.38. The molecule has 13 heteroatoms. The van der Waals surface area contributed by atoms with Crippen molar-refractivity contribution in [3.05, 3.63) is 17.5 Å². The van der Waals surface area contributed by atoms with E-state index in [2.05, 4.69) is 21.2 Å². The minimum absolute atomic E-state index is 0.00557. The van der Waals surface area contributed by atoms with Crippen molar-refractivity contribution in [1.29, 1.82) is 0 Å². The first-order chi connectivity index (χ1) is 14.4. The predicted octanol–water partition coefficient (Wildman–Crippen LogP) is 0.950. The lowest BCUT2D eigenvalue weighted by Gasteiger charge is -2.29. The zero-order valence-corrected chi connectivity index (χ0v) is 19.6. The molecule has 1 aromatic rings. The topological polar surface area (TPSA) is 134 Å². The third-order valence-electron chi connectivity index (χ3n) is 4.56. The number of hydrogen-bond acceptors (Lipinski definition) is 6. The van der Waals surface area contributed by atoms with Crippen molar-refractivity contribution in [1.82, 2.24) is 26.2 Å². The molecular weight excluding hydrogens is 449 g/mol. The van der Waals surface area contributed by atoms with Crippen LogP contribution in [0.3, 0.4) is 0 Å². The van der Waals surface area contributed by atoms with Gasteiger partial charge in [0.25, 0.3) is 23.4 Å². The molecule has 0 spiro atoms. The Morgan fingerprint density at radius 1 is 1.42 bits per heavy atom. The molecule has 1 saturated heterocycles. The van der Waals surface area contributed by atoms with E-state index in [1.54, 1.807) is 6.92 Å². The molecular formula is C18H27ClFN5O5Si. The number of alkyl halides is 2. The van der Waals surface area contributed by atoms with E-state index >= 15 is 0 Å². The van der Waals surface area contributed by atoms with E-state index in [0.29, 0.717) is 29.8 Å². The fourth-order valence-corrected chi connectivity index (χ4v) is 4.72. The molecule has 0 radical (unpaired) electrons. The second kappa shape index (κ2) is 10.2. The summed E-state index contributed by atoms with van der Waals surface area (Å²) < 4.78 is 18.4. The van der Waals surface area contributed by atoms with E-state index in [9.17, 15) is 23.6 Å². The first-order valence-electron chi connectivity index (χ1n) is 9.79. The number of aryl methyl sites for hydroxylation is 1. The van der Waals surface area contributed by atoms with Crippen molar-refractivity contribution in [2.75, 3.05) is 13.1 Å². The number of carbonyl (C=O) groups excluding carboxylic acids is 4. The standard InChI is InChI=1S/C18H27ClFN5O5Si/c1-10-7-12(24-30-10)16(27)22-13(9-31(2,3)4)17(28)23-25(18(29)14(19)20)8-11-5-6-21-15(11)26/h7,11,13-14H,5-6,8-9H2,1-4H3,(H,21,26)(H,22,27)(H,23,28)/t11-,13-,14+/m0/s1. The van der Waals surface area contributed by atoms with Crippen LogP contribution in [0.1, 0.15) is 22.7 Å². The highest BCUT2D eigenvalue weighted by molar-refractivity contribution is 6.76. The SMILES string of the molecule is Cc1cc(C(=O)N[C@@H](C[Si](C)(C)C)C(=O)NN(C[C@@H]2CCNC2=O)C(=O)[C@@H](F)Cl)no1. The van der Waals surface area contributed by atoms with Crippen LogP contribution in [0.15, 0.2) is 10.6 Å². The molecule has 10 nitrogen and oxygen atoms in total. The molecule has 0 saturated carbocycles. The number of hydrazine groups is 1. The van der Waals surface area contributed by atoms with Crippen molar-refractivity contribution in [3.8, 4) is 0 Å². The molecule has 2 heterocycles. The number of nitrogens with one attached hydrogen (secondary N) is 3. The molecule has 0 aliphatic carbocycles. The number of carbonyl (C=O) groups is 4. The van der Waals surface area contributed by atoms with Gasteiger partial charge in [-0.2, -0.15) is 0 Å². The lowest BCUT2D eigenvalue weighted by Crippen LogP contribution is -2.57. The Bertz CT molecular complexity index is 844. The van der Waals surface area contributed by atoms with Crippen molar-refractivity contribution in [2.45, 2.75) is 50.7 Å². The average molecular weight is 476 g/mol. The zero-order valence-electron chi connectivity index (χ0n) is 17.8. The molecule has 0 unspecified atom stereocenters. The monoisotopic (exact) mass is 475 g/mol. The second-order valence-corrected chi connectivity index (χ2v) is 14.5. The normalized spacial score (nSPS) is 18.1.